The average Bonchev–Trinajstić information content (AvgIpc) is 2.56. The summed E-state index contributed by atoms with van der Waals surface area (Å²) in [4.78, 5) is 17.6. The van der Waals surface area contributed by atoms with Crippen molar-refractivity contribution in [1.29, 1.82) is 0 Å². The predicted molar refractivity (Wildman–Crippen MR) is 85.3 cm³/mol. The van der Waals surface area contributed by atoms with Gasteiger partial charge in [0.2, 0.25) is 5.88 Å². The molecule has 0 bridgehead atoms. The third-order valence-electron chi connectivity index (χ3n) is 2.97. The Bertz CT molecular complexity index is 805. The number of nitrogens with zero attached hydrogens (tertiary/aromatic N) is 1. The lowest BCUT2D eigenvalue weighted by Crippen LogP contribution is -2.09. The topological polar surface area (TPSA) is 48.4 Å². The number of aromatic nitrogens is 1. The molecule has 0 amide bonds. The zero-order chi connectivity index (χ0) is 15.4. The molecule has 2 aromatic carbocycles. The average molecular weight is 311 g/mol. The van der Waals surface area contributed by atoms with Gasteiger partial charge >= 0.3 is 6.16 Å². The van der Waals surface area contributed by atoms with Gasteiger partial charge in [-0.2, -0.15) is 0 Å². The summed E-state index contributed by atoms with van der Waals surface area (Å²) in [6.07, 6.45) is -0.780. The van der Waals surface area contributed by atoms with E-state index >= 15 is 0 Å². The van der Waals surface area contributed by atoms with Gasteiger partial charge in [-0.15, -0.1) is 0 Å². The van der Waals surface area contributed by atoms with Crippen LogP contribution in [0, 0.1) is 0 Å². The molecular formula is C17H13NO3S. The van der Waals surface area contributed by atoms with Crippen LogP contribution in [-0.2, 0) is 4.74 Å². The summed E-state index contributed by atoms with van der Waals surface area (Å²) in [5.41, 5.74) is 0.763. The molecule has 0 fully saturated rings. The summed E-state index contributed by atoms with van der Waals surface area (Å²) in [5, 5.41) is 0.984. The van der Waals surface area contributed by atoms with Crippen LogP contribution in [0.15, 0.2) is 70.5 Å². The van der Waals surface area contributed by atoms with Gasteiger partial charge in [-0.3, -0.25) is 0 Å². The molecule has 3 aromatic rings. The number of para-hydroxylation sites is 1. The van der Waals surface area contributed by atoms with Crippen molar-refractivity contribution in [3.63, 3.8) is 0 Å². The number of pyridine rings is 1. The van der Waals surface area contributed by atoms with Gasteiger partial charge in [0.25, 0.3) is 0 Å². The Morgan fingerprint density at radius 1 is 1.05 bits per heavy atom. The van der Waals surface area contributed by atoms with Gasteiger partial charge in [-0.25, -0.2) is 9.78 Å². The van der Waals surface area contributed by atoms with E-state index in [0.717, 1.165) is 20.7 Å². The van der Waals surface area contributed by atoms with E-state index < -0.39 is 6.16 Å². The van der Waals surface area contributed by atoms with Crippen LogP contribution < -0.4 is 4.74 Å². The fraction of sp³-hybridized carbons (Fsp3) is 0.0588. The van der Waals surface area contributed by atoms with Crippen LogP contribution >= 0.6 is 11.8 Å². The minimum Gasteiger partial charge on any atom is -0.437 e. The molecule has 0 radical (unpaired) electrons. The van der Waals surface area contributed by atoms with Crippen molar-refractivity contribution in [2.75, 3.05) is 7.11 Å². The molecule has 110 valence electrons. The fourth-order valence-electron chi connectivity index (χ4n) is 1.96. The lowest BCUT2D eigenvalue weighted by molar-refractivity contribution is 0.118. The second-order valence-electron chi connectivity index (χ2n) is 4.46. The molecule has 5 heteroatoms. The maximum Gasteiger partial charge on any atom is 0.514 e. The van der Waals surface area contributed by atoms with Gasteiger partial charge in [0, 0.05) is 10.3 Å². The largest absolute Gasteiger partial charge is 0.514 e. The smallest absolute Gasteiger partial charge is 0.437 e. The van der Waals surface area contributed by atoms with Gasteiger partial charge in [0.15, 0.2) is 0 Å². The van der Waals surface area contributed by atoms with Gasteiger partial charge in [-0.05, 0) is 24.3 Å². The number of benzene rings is 2. The Kier molecular flexibility index (Phi) is 4.25. The Morgan fingerprint density at radius 3 is 2.55 bits per heavy atom. The Balaban J connectivity index is 2.04. The highest BCUT2D eigenvalue weighted by Crippen LogP contribution is 2.36. The summed E-state index contributed by atoms with van der Waals surface area (Å²) >= 11 is 1.49. The van der Waals surface area contributed by atoms with E-state index in [0.29, 0.717) is 0 Å². The minimum absolute atomic E-state index is 0.249. The highest BCUT2D eigenvalue weighted by atomic mass is 32.2. The lowest BCUT2D eigenvalue weighted by atomic mass is 10.2. The number of carbonyl (C=O) groups is 1. The second-order valence-corrected chi connectivity index (χ2v) is 5.57. The van der Waals surface area contributed by atoms with E-state index in [4.69, 9.17) is 4.74 Å². The number of hydrogen-bond donors (Lipinski definition) is 0. The second kappa shape index (κ2) is 6.49. The van der Waals surface area contributed by atoms with Crippen LogP contribution in [0.3, 0.4) is 0 Å². The Labute approximate surface area is 132 Å². The molecule has 0 spiro atoms. The lowest BCUT2D eigenvalue weighted by Gasteiger charge is -2.09. The molecule has 0 atom stereocenters. The first kappa shape index (κ1) is 14.4. The zero-order valence-corrected chi connectivity index (χ0v) is 12.7. The third-order valence-corrected chi connectivity index (χ3v) is 3.99. The zero-order valence-electron chi connectivity index (χ0n) is 11.9. The molecule has 0 N–H and O–H groups in total. The van der Waals surface area contributed by atoms with Crippen molar-refractivity contribution in [2.45, 2.75) is 9.79 Å². The van der Waals surface area contributed by atoms with Crippen LogP contribution in [0.1, 0.15) is 0 Å². The van der Waals surface area contributed by atoms with Crippen molar-refractivity contribution in [3.8, 4) is 5.88 Å². The standard InChI is InChI=1S/C17H13NO3S/c1-20-17(19)21-16-15(22-13-8-3-2-4-9-13)11-12-7-5-6-10-14(12)18-16/h2-11H,1H3. The molecule has 3 rings (SSSR count). The van der Waals surface area contributed by atoms with Crippen molar-refractivity contribution < 1.29 is 14.3 Å². The molecule has 1 heterocycles. The number of ether oxygens (including phenoxy) is 2. The number of hydrogen-bond acceptors (Lipinski definition) is 5. The molecule has 0 aliphatic heterocycles. The first-order valence-corrected chi connectivity index (χ1v) is 7.46. The summed E-state index contributed by atoms with van der Waals surface area (Å²) in [5.74, 6) is 0.249. The van der Waals surface area contributed by atoms with E-state index in [2.05, 4.69) is 9.72 Å². The first-order chi connectivity index (χ1) is 10.8. The van der Waals surface area contributed by atoms with E-state index in [-0.39, 0.29) is 5.88 Å². The molecule has 0 saturated carbocycles. The summed E-state index contributed by atoms with van der Waals surface area (Å²) < 4.78 is 9.74. The Hall–Kier alpha value is -2.53. The predicted octanol–water partition coefficient (Wildman–Crippen LogP) is 4.53. The van der Waals surface area contributed by atoms with Gasteiger partial charge < -0.3 is 9.47 Å². The normalized spacial score (nSPS) is 10.4. The third kappa shape index (κ3) is 3.20. The number of methoxy groups -OCH3 is 1. The SMILES string of the molecule is COC(=O)Oc1nc2ccccc2cc1Sc1ccccc1. The van der Waals surface area contributed by atoms with E-state index in [1.165, 1.54) is 18.9 Å². The summed E-state index contributed by atoms with van der Waals surface area (Å²) in [6.45, 7) is 0. The maximum atomic E-state index is 11.4. The fourth-order valence-corrected chi connectivity index (χ4v) is 2.87. The molecule has 22 heavy (non-hydrogen) atoms. The highest BCUT2D eigenvalue weighted by Gasteiger charge is 2.14. The molecule has 0 unspecified atom stereocenters. The van der Waals surface area contributed by atoms with Crippen molar-refractivity contribution in [2.24, 2.45) is 0 Å². The maximum absolute atomic E-state index is 11.4. The monoisotopic (exact) mass is 311 g/mol. The minimum atomic E-state index is -0.780. The molecule has 0 aliphatic rings. The number of rotatable bonds is 3. The van der Waals surface area contributed by atoms with Crippen LogP contribution in [-0.4, -0.2) is 18.2 Å². The van der Waals surface area contributed by atoms with Crippen molar-refractivity contribution in [1.82, 2.24) is 4.98 Å². The van der Waals surface area contributed by atoms with E-state index in [1.807, 2.05) is 60.7 Å². The number of carbonyl (C=O) groups excluding carboxylic acids is 1. The van der Waals surface area contributed by atoms with Crippen LogP contribution in [0.2, 0.25) is 0 Å². The van der Waals surface area contributed by atoms with E-state index in [9.17, 15) is 4.79 Å². The Morgan fingerprint density at radius 2 is 1.77 bits per heavy atom. The summed E-state index contributed by atoms with van der Waals surface area (Å²) in [6, 6.07) is 19.5. The van der Waals surface area contributed by atoms with Crippen molar-refractivity contribution in [3.05, 3.63) is 60.7 Å². The first-order valence-electron chi connectivity index (χ1n) is 6.65. The number of fused-ring (bicyclic) bond motifs is 1. The quantitative estimate of drug-likeness (QED) is 0.665. The molecule has 1 aromatic heterocycles. The molecule has 4 nitrogen and oxygen atoms in total. The molecule has 0 saturated heterocycles. The van der Waals surface area contributed by atoms with Gasteiger partial charge in [-0.1, -0.05) is 48.2 Å². The molecular weight excluding hydrogens is 298 g/mol. The van der Waals surface area contributed by atoms with Crippen LogP contribution in [0.5, 0.6) is 5.88 Å². The summed E-state index contributed by atoms with van der Waals surface area (Å²) in [7, 11) is 1.27. The highest BCUT2D eigenvalue weighted by molar-refractivity contribution is 7.99. The van der Waals surface area contributed by atoms with Gasteiger partial charge in [0.05, 0.1) is 17.5 Å². The van der Waals surface area contributed by atoms with E-state index in [1.54, 1.807) is 0 Å². The van der Waals surface area contributed by atoms with Crippen LogP contribution in [0.25, 0.3) is 10.9 Å². The van der Waals surface area contributed by atoms with Crippen molar-refractivity contribution >= 4 is 28.8 Å². The molecule has 0 aliphatic carbocycles. The van der Waals surface area contributed by atoms with Crippen LogP contribution in [0.4, 0.5) is 4.79 Å². The van der Waals surface area contributed by atoms with Gasteiger partial charge in [0.1, 0.15) is 0 Å².